The fourth-order valence-corrected chi connectivity index (χ4v) is 1.37. The molecule has 1 heterocycles. The van der Waals surface area contributed by atoms with Crippen LogP contribution in [0.1, 0.15) is 24.6 Å². The molecule has 0 aromatic carbocycles. The van der Waals surface area contributed by atoms with E-state index in [0.717, 1.165) is 6.54 Å². The highest BCUT2D eigenvalue weighted by atomic mass is 35.5. The lowest BCUT2D eigenvalue weighted by molar-refractivity contribution is 0.151. The number of hydrogen-bond donors (Lipinski definition) is 0. The van der Waals surface area contributed by atoms with Crippen molar-refractivity contribution < 1.29 is 8.78 Å². The molecule has 1 rings (SSSR count). The SMILES string of the molecule is CCN(C)/C=N/c1cc(C(F)F)c(Cl)nc1C. The molecular formula is C11H14ClF2N3. The minimum atomic E-state index is -2.64. The van der Waals surface area contributed by atoms with Crippen LogP contribution in [0.2, 0.25) is 5.15 Å². The Balaban J connectivity index is 3.08. The molecule has 6 heteroatoms. The van der Waals surface area contributed by atoms with Gasteiger partial charge in [-0.25, -0.2) is 18.8 Å². The highest BCUT2D eigenvalue weighted by Gasteiger charge is 2.15. The molecule has 0 saturated carbocycles. The van der Waals surface area contributed by atoms with Gasteiger partial charge in [0, 0.05) is 13.6 Å². The maximum absolute atomic E-state index is 12.6. The predicted molar refractivity (Wildman–Crippen MR) is 65.4 cm³/mol. The van der Waals surface area contributed by atoms with Crippen LogP contribution in [-0.4, -0.2) is 29.8 Å². The summed E-state index contributed by atoms with van der Waals surface area (Å²) in [6.07, 6.45) is -1.07. The smallest absolute Gasteiger partial charge is 0.266 e. The van der Waals surface area contributed by atoms with Crippen molar-refractivity contribution >= 4 is 23.6 Å². The van der Waals surface area contributed by atoms with Gasteiger partial charge in [0.15, 0.2) is 0 Å². The number of nitrogens with zero attached hydrogens (tertiary/aromatic N) is 3. The van der Waals surface area contributed by atoms with Crippen LogP contribution in [0.3, 0.4) is 0 Å². The number of alkyl halides is 2. The zero-order chi connectivity index (χ0) is 13.0. The van der Waals surface area contributed by atoms with E-state index in [2.05, 4.69) is 9.98 Å². The normalized spacial score (nSPS) is 11.5. The zero-order valence-electron chi connectivity index (χ0n) is 9.91. The van der Waals surface area contributed by atoms with Crippen molar-refractivity contribution in [3.8, 4) is 0 Å². The molecule has 0 aliphatic rings. The van der Waals surface area contributed by atoms with Gasteiger partial charge in [-0.15, -0.1) is 0 Å². The lowest BCUT2D eigenvalue weighted by Gasteiger charge is -2.10. The molecule has 0 spiro atoms. The van der Waals surface area contributed by atoms with Gasteiger partial charge in [0.25, 0.3) is 6.43 Å². The number of rotatable bonds is 4. The maximum atomic E-state index is 12.6. The van der Waals surface area contributed by atoms with Crippen LogP contribution in [0, 0.1) is 6.92 Å². The van der Waals surface area contributed by atoms with Crippen molar-refractivity contribution in [2.45, 2.75) is 20.3 Å². The molecule has 0 fully saturated rings. The van der Waals surface area contributed by atoms with Crippen molar-refractivity contribution in [2.75, 3.05) is 13.6 Å². The number of pyridine rings is 1. The summed E-state index contributed by atoms with van der Waals surface area (Å²) in [5.74, 6) is 0. The van der Waals surface area contributed by atoms with E-state index in [1.54, 1.807) is 13.3 Å². The van der Waals surface area contributed by atoms with Crippen molar-refractivity contribution in [1.82, 2.24) is 9.88 Å². The highest BCUT2D eigenvalue weighted by molar-refractivity contribution is 6.30. The van der Waals surface area contributed by atoms with E-state index in [1.807, 2.05) is 18.9 Å². The molecule has 1 aromatic heterocycles. The van der Waals surface area contributed by atoms with Crippen LogP contribution in [0.25, 0.3) is 0 Å². The van der Waals surface area contributed by atoms with E-state index >= 15 is 0 Å². The monoisotopic (exact) mass is 261 g/mol. The molecule has 0 atom stereocenters. The van der Waals surface area contributed by atoms with E-state index in [4.69, 9.17) is 11.6 Å². The summed E-state index contributed by atoms with van der Waals surface area (Å²) < 4.78 is 25.2. The number of hydrogen-bond acceptors (Lipinski definition) is 2. The lowest BCUT2D eigenvalue weighted by atomic mass is 10.2. The van der Waals surface area contributed by atoms with Crippen LogP contribution < -0.4 is 0 Å². The first kappa shape index (κ1) is 13.8. The minimum Gasteiger partial charge on any atom is -0.366 e. The first-order chi connectivity index (χ1) is 7.95. The second-order valence-corrected chi connectivity index (χ2v) is 3.95. The number of halogens is 3. The van der Waals surface area contributed by atoms with Crippen molar-refractivity contribution in [3.05, 3.63) is 22.5 Å². The van der Waals surface area contributed by atoms with Crippen LogP contribution >= 0.6 is 11.6 Å². The van der Waals surface area contributed by atoms with Gasteiger partial charge in [0.05, 0.1) is 23.3 Å². The quantitative estimate of drug-likeness (QED) is 0.471. The second-order valence-electron chi connectivity index (χ2n) is 3.59. The summed E-state index contributed by atoms with van der Waals surface area (Å²) in [5, 5.41) is -0.166. The fourth-order valence-electron chi connectivity index (χ4n) is 1.11. The summed E-state index contributed by atoms with van der Waals surface area (Å²) in [7, 11) is 1.84. The van der Waals surface area contributed by atoms with Gasteiger partial charge < -0.3 is 4.90 Å². The first-order valence-corrected chi connectivity index (χ1v) is 5.53. The summed E-state index contributed by atoms with van der Waals surface area (Å²) in [5.41, 5.74) is 0.647. The Morgan fingerprint density at radius 3 is 2.76 bits per heavy atom. The van der Waals surface area contributed by atoms with E-state index in [0.29, 0.717) is 11.4 Å². The molecule has 1 aromatic rings. The Labute approximate surface area is 104 Å². The van der Waals surface area contributed by atoms with Crippen LogP contribution in [0.4, 0.5) is 14.5 Å². The molecule has 0 aliphatic heterocycles. The Morgan fingerprint density at radius 2 is 2.24 bits per heavy atom. The third-order valence-electron chi connectivity index (χ3n) is 2.29. The van der Waals surface area contributed by atoms with Crippen LogP contribution in [-0.2, 0) is 0 Å². The van der Waals surface area contributed by atoms with Gasteiger partial charge >= 0.3 is 0 Å². The van der Waals surface area contributed by atoms with E-state index < -0.39 is 6.43 Å². The van der Waals surface area contributed by atoms with Crippen molar-refractivity contribution in [2.24, 2.45) is 4.99 Å². The molecule has 3 nitrogen and oxygen atoms in total. The Bertz CT molecular complexity index is 421. The maximum Gasteiger partial charge on any atom is 0.266 e. The fraction of sp³-hybridized carbons (Fsp3) is 0.455. The lowest BCUT2D eigenvalue weighted by Crippen LogP contribution is -2.14. The van der Waals surface area contributed by atoms with Gasteiger partial charge in [-0.1, -0.05) is 11.6 Å². The third-order valence-corrected chi connectivity index (χ3v) is 2.60. The zero-order valence-corrected chi connectivity index (χ0v) is 10.7. The molecular weight excluding hydrogens is 248 g/mol. The number of aromatic nitrogens is 1. The minimum absolute atomic E-state index is 0.166. The van der Waals surface area contributed by atoms with E-state index in [1.165, 1.54) is 6.07 Å². The topological polar surface area (TPSA) is 28.5 Å². The Morgan fingerprint density at radius 1 is 1.59 bits per heavy atom. The van der Waals surface area contributed by atoms with Crippen LogP contribution in [0.15, 0.2) is 11.1 Å². The second kappa shape index (κ2) is 5.91. The molecule has 0 radical (unpaired) electrons. The van der Waals surface area contributed by atoms with E-state index in [9.17, 15) is 8.78 Å². The molecule has 0 bridgehead atoms. The highest BCUT2D eigenvalue weighted by Crippen LogP contribution is 2.30. The predicted octanol–water partition coefficient (Wildman–Crippen LogP) is 3.59. The van der Waals surface area contributed by atoms with Gasteiger partial charge in [0.1, 0.15) is 5.15 Å². The Kier molecular flexibility index (Phi) is 4.81. The molecule has 0 amide bonds. The summed E-state index contributed by atoms with van der Waals surface area (Å²) in [6, 6.07) is 1.27. The summed E-state index contributed by atoms with van der Waals surface area (Å²) >= 11 is 5.63. The largest absolute Gasteiger partial charge is 0.366 e. The molecule has 0 aliphatic carbocycles. The van der Waals surface area contributed by atoms with Gasteiger partial charge in [0.2, 0.25) is 0 Å². The van der Waals surface area contributed by atoms with Gasteiger partial charge in [-0.05, 0) is 19.9 Å². The first-order valence-electron chi connectivity index (χ1n) is 5.15. The molecule has 0 saturated heterocycles. The summed E-state index contributed by atoms with van der Waals surface area (Å²) in [4.78, 5) is 9.79. The average Bonchev–Trinajstić information content (AvgIpc) is 2.26. The standard InChI is InChI=1S/C11H14ClF2N3/c1-4-17(3)6-15-9-5-8(11(13)14)10(12)16-7(9)2/h5-6,11H,4H2,1-3H3/b15-6+. The molecule has 0 N–H and O–H groups in total. The molecule has 0 unspecified atom stereocenters. The number of aryl methyl sites for hydroxylation is 1. The van der Waals surface area contributed by atoms with Crippen molar-refractivity contribution in [3.63, 3.8) is 0 Å². The molecule has 94 valence electrons. The third kappa shape index (κ3) is 3.63. The Hall–Kier alpha value is -1.23. The van der Waals surface area contributed by atoms with E-state index in [-0.39, 0.29) is 10.7 Å². The summed E-state index contributed by atoms with van der Waals surface area (Å²) in [6.45, 7) is 4.43. The number of aliphatic imine (C=N–C) groups is 1. The van der Waals surface area contributed by atoms with Gasteiger partial charge in [-0.3, -0.25) is 0 Å². The van der Waals surface area contributed by atoms with Crippen LogP contribution in [0.5, 0.6) is 0 Å². The average molecular weight is 262 g/mol. The molecule has 17 heavy (non-hydrogen) atoms. The van der Waals surface area contributed by atoms with Gasteiger partial charge in [-0.2, -0.15) is 0 Å². The van der Waals surface area contributed by atoms with Crippen molar-refractivity contribution in [1.29, 1.82) is 0 Å².